The molecule has 0 bridgehead atoms. The van der Waals surface area contributed by atoms with Gasteiger partial charge in [0.05, 0.1) is 6.10 Å². The Kier molecular flexibility index (Phi) is 3.76. The molecule has 2 N–H and O–H groups in total. The molecule has 1 aromatic rings. The molecule has 3 rings (SSSR count). The minimum absolute atomic E-state index is 0.0398. The normalized spacial score (nSPS) is 27.8. The number of anilines is 1. The second-order valence-corrected chi connectivity index (χ2v) is 6.82. The third-order valence-corrected chi connectivity index (χ3v) is 5.09. The Balaban J connectivity index is 1.57. The van der Waals surface area contributed by atoms with Gasteiger partial charge in [0.2, 0.25) is 5.91 Å². The molecule has 21 heavy (non-hydrogen) atoms. The first-order valence-corrected chi connectivity index (χ1v) is 7.79. The van der Waals surface area contributed by atoms with Gasteiger partial charge in [0.25, 0.3) is 0 Å². The van der Waals surface area contributed by atoms with E-state index < -0.39 is 0 Å². The summed E-state index contributed by atoms with van der Waals surface area (Å²) in [4.78, 5) is 13.6. The number of aliphatic hydroxyl groups excluding tert-OH is 1. The predicted molar refractivity (Wildman–Crippen MR) is 83.1 cm³/mol. The molecular weight excluding hydrogens is 264 g/mol. The van der Waals surface area contributed by atoms with Crippen LogP contribution >= 0.6 is 0 Å². The Morgan fingerprint density at radius 1 is 1.33 bits per heavy atom. The summed E-state index contributed by atoms with van der Waals surface area (Å²) in [6.45, 7) is 5.83. The zero-order valence-electron chi connectivity index (χ0n) is 12.8. The summed E-state index contributed by atoms with van der Waals surface area (Å²) in [6, 6.07) is 8.58. The smallest absolute Gasteiger partial charge is 0.227 e. The standard InChI is InChI=1S/C17H24N2O2/c1-17(2)14(10-15(17)20)18-11-12-5-7-13(8-6-12)19-9-3-4-16(19)21/h5-8,14-15,18,20H,3-4,9-11H2,1-2H3. The van der Waals surface area contributed by atoms with Crippen molar-refractivity contribution in [1.29, 1.82) is 0 Å². The fourth-order valence-electron chi connectivity index (χ4n) is 3.20. The number of carbonyl (C=O) groups excluding carboxylic acids is 1. The Hall–Kier alpha value is -1.39. The fourth-order valence-corrected chi connectivity index (χ4v) is 3.20. The monoisotopic (exact) mass is 288 g/mol. The Morgan fingerprint density at radius 2 is 2.05 bits per heavy atom. The molecular formula is C17H24N2O2. The average Bonchev–Trinajstić information content (AvgIpc) is 2.90. The third kappa shape index (κ3) is 2.70. The highest BCUT2D eigenvalue weighted by molar-refractivity contribution is 5.95. The summed E-state index contributed by atoms with van der Waals surface area (Å²) in [5.41, 5.74) is 2.17. The van der Waals surface area contributed by atoms with Crippen LogP contribution < -0.4 is 10.2 Å². The van der Waals surface area contributed by atoms with Gasteiger partial charge < -0.3 is 15.3 Å². The summed E-state index contributed by atoms with van der Waals surface area (Å²) >= 11 is 0. The molecule has 1 aliphatic carbocycles. The van der Waals surface area contributed by atoms with Gasteiger partial charge >= 0.3 is 0 Å². The highest BCUT2D eigenvalue weighted by atomic mass is 16.3. The summed E-state index contributed by atoms with van der Waals surface area (Å²) in [6.07, 6.45) is 2.26. The van der Waals surface area contributed by atoms with Gasteiger partial charge in [0.1, 0.15) is 0 Å². The van der Waals surface area contributed by atoms with E-state index in [1.54, 1.807) is 0 Å². The van der Waals surface area contributed by atoms with E-state index in [1.165, 1.54) is 5.56 Å². The zero-order valence-corrected chi connectivity index (χ0v) is 12.8. The van der Waals surface area contributed by atoms with Crippen molar-refractivity contribution < 1.29 is 9.90 Å². The maximum absolute atomic E-state index is 11.7. The fraction of sp³-hybridized carbons (Fsp3) is 0.588. The first-order chi connectivity index (χ1) is 9.98. The molecule has 1 aromatic carbocycles. The summed E-state index contributed by atoms with van der Waals surface area (Å²) in [7, 11) is 0. The van der Waals surface area contributed by atoms with Gasteiger partial charge in [-0.05, 0) is 30.5 Å². The SMILES string of the molecule is CC1(C)C(O)CC1NCc1ccc(N2CCCC2=O)cc1. The van der Waals surface area contributed by atoms with Crippen LogP contribution in [0.4, 0.5) is 5.69 Å². The van der Waals surface area contributed by atoms with Gasteiger partial charge in [-0.25, -0.2) is 0 Å². The highest BCUT2D eigenvalue weighted by Crippen LogP contribution is 2.40. The molecule has 114 valence electrons. The zero-order chi connectivity index (χ0) is 15.0. The Bertz CT molecular complexity index is 524. The van der Waals surface area contributed by atoms with Crippen molar-refractivity contribution in [1.82, 2.24) is 5.32 Å². The van der Waals surface area contributed by atoms with Crippen LogP contribution in [0.15, 0.2) is 24.3 Å². The molecule has 1 saturated heterocycles. The lowest BCUT2D eigenvalue weighted by atomic mass is 9.64. The van der Waals surface area contributed by atoms with Gasteiger partial charge in [0, 0.05) is 36.7 Å². The van der Waals surface area contributed by atoms with Crippen LogP contribution in [0, 0.1) is 5.41 Å². The number of hydrogen-bond acceptors (Lipinski definition) is 3. The van der Waals surface area contributed by atoms with Crippen LogP contribution in [0.25, 0.3) is 0 Å². The van der Waals surface area contributed by atoms with Crippen LogP contribution in [0.5, 0.6) is 0 Å². The molecule has 2 fully saturated rings. The van der Waals surface area contributed by atoms with Gasteiger partial charge in [-0.2, -0.15) is 0 Å². The lowest BCUT2D eigenvalue weighted by molar-refractivity contribution is -0.117. The van der Waals surface area contributed by atoms with E-state index in [1.807, 2.05) is 17.0 Å². The molecule has 1 aliphatic heterocycles. The van der Waals surface area contributed by atoms with E-state index in [9.17, 15) is 9.90 Å². The molecule has 1 amide bonds. The number of hydrogen-bond donors (Lipinski definition) is 2. The van der Waals surface area contributed by atoms with E-state index in [0.717, 1.165) is 31.6 Å². The third-order valence-electron chi connectivity index (χ3n) is 5.09. The summed E-state index contributed by atoms with van der Waals surface area (Å²) in [5, 5.41) is 13.3. The van der Waals surface area contributed by atoms with Crippen molar-refractivity contribution >= 4 is 11.6 Å². The molecule has 4 heteroatoms. The average molecular weight is 288 g/mol. The molecule has 2 aliphatic rings. The molecule has 0 aromatic heterocycles. The van der Waals surface area contributed by atoms with Gasteiger partial charge in [-0.1, -0.05) is 26.0 Å². The van der Waals surface area contributed by atoms with Crippen LogP contribution in [0.3, 0.4) is 0 Å². The molecule has 2 atom stereocenters. The quantitative estimate of drug-likeness (QED) is 0.891. The number of nitrogens with one attached hydrogen (secondary N) is 1. The van der Waals surface area contributed by atoms with E-state index >= 15 is 0 Å². The predicted octanol–water partition coefficient (Wildman–Crippen LogP) is 2.06. The number of nitrogens with zero attached hydrogens (tertiary/aromatic N) is 1. The molecule has 1 heterocycles. The number of benzene rings is 1. The summed E-state index contributed by atoms with van der Waals surface area (Å²) in [5.74, 6) is 0.228. The maximum atomic E-state index is 11.7. The first kappa shape index (κ1) is 14.5. The molecule has 0 radical (unpaired) electrons. The number of carbonyl (C=O) groups is 1. The Morgan fingerprint density at radius 3 is 2.57 bits per heavy atom. The van der Waals surface area contributed by atoms with Crippen molar-refractivity contribution in [3.8, 4) is 0 Å². The van der Waals surface area contributed by atoms with Gasteiger partial charge in [-0.15, -0.1) is 0 Å². The number of aliphatic hydroxyl groups is 1. The highest BCUT2D eigenvalue weighted by Gasteiger charge is 2.46. The maximum Gasteiger partial charge on any atom is 0.227 e. The largest absolute Gasteiger partial charge is 0.392 e. The van der Waals surface area contributed by atoms with Crippen LogP contribution in [0.1, 0.15) is 38.7 Å². The lowest BCUT2D eigenvalue weighted by Gasteiger charge is -2.49. The summed E-state index contributed by atoms with van der Waals surface area (Å²) < 4.78 is 0. The molecule has 2 unspecified atom stereocenters. The van der Waals surface area contributed by atoms with Crippen molar-refractivity contribution in [3.05, 3.63) is 29.8 Å². The van der Waals surface area contributed by atoms with Crippen molar-refractivity contribution in [2.45, 2.75) is 51.8 Å². The number of rotatable bonds is 4. The topological polar surface area (TPSA) is 52.6 Å². The van der Waals surface area contributed by atoms with E-state index in [0.29, 0.717) is 12.5 Å². The second kappa shape index (κ2) is 5.43. The van der Waals surface area contributed by atoms with Gasteiger partial charge in [0.15, 0.2) is 0 Å². The molecule has 1 saturated carbocycles. The first-order valence-electron chi connectivity index (χ1n) is 7.79. The molecule has 0 spiro atoms. The van der Waals surface area contributed by atoms with Crippen LogP contribution in [0.2, 0.25) is 0 Å². The van der Waals surface area contributed by atoms with Crippen molar-refractivity contribution in [2.75, 3.05) is 11.4 Å². The van der Waals surface area contributed by atoms with E-state index in [-0.39, 0.29) is 17.4 Å². The van der Waals surface area contributed by atoms with Crippen LogP contribution in [-0.2, 0) is 11.3 Å². The van der Waals surface area contributed by atoms with Crippen LogP contribution in [-0.4, -0.2) is 29.7 Å². The minimum atomic E-state index is -0.196. The molecule has 4 nitrogen and oxygen atoms in total. The lowest BCUT2D eigenvalue weighted by Crippen LogP contribution is -2.59. The minimum Gasteiger partial charge on any atom is -0.392 e. The van der Waals surface area contributed by atoms with E-state index in [4.69, 9.17) is 0 Å². The van der Waals surface area contributed by atoms with Crippen molar-refractivity contribution in [2.24, 2.45) is 5.41 Å². The second-order valence-electron chi connectivity index (χ2n) is 6.82. The van der Waals surface area contributed by atoms with Crippen molar-refractivity contribution in [3.63, 3.8) is 0 Å². The van der Waals surface area contributed by atoms with E-state index in [2.05, 4.69) is 31.3 Å². The number of amides is 1. The Labute approximate surface area is 126 Å². The van der Waals surface area contributed by atoms with Gasteiger partial charge in [-0.3, -0.25) is 4.79 Å².